The lowest BCUT2D eigenvalue weighted by Gasteiger charge is -2.40. The third kappa shape index (κ3) is 7.14. The number of pyridine rings is 1. The van der Waals surface area contributed by atoms with Crippen molar-refractivity contribution in [2.75, 3.05) is 44.3 Å². The minimum absolute atomic E-state index is 0.0687. The predicted octanol–water partition coefficient (Wildman–Crippen LogP) is 2.92. The van der Waals surface area contributed by atoms with Crippen LogP contribution in [0, 0.1) is 17.7 Å². The molecule has 1 aliphatic heterocycles. The fraction of sp³-hybridized carbons (Fsp3) is 0.312. The Morgan fingerprint density at radius 1 is 1.14 bits per heavy atom. The summed E-state index contributed by atoms with van der Waals surface area (Å²) in [6.07, 6.45) is 5.43. The molecule has 3 N–H and O–H groups in total. The zero-order valence-corrected chi connectivity index (χ0v) is 25.1. The standard InChI is InChI=1S/C32H36FN7O4/c1-6-14-38-21-24(30(42)40(15-7-2)31(38)43)29(41)36-22-8-9-27(25(33)20-22)44-26-11-13-35-28(34)23(26)10-12-32(3,4)39-18-16-37(5)17-19-39/h6-9,11,13,20-21H,1-2,14-19H2,3-5H3,(H2,34,35)(H,36,41). The van der Waals surface area contributed by atoms with Crippen molar-refractivity contribution < 1.29 is 13.9 Å². The molecule has 0 aliphatic carbocycles. The Morgan fingerprint density at radius 2 is 1.84 bits per heavy atom. The van der Waals surface area contributed by atoms with Gasteiger partial charge in [0.1, 0.15) is 22.7 Å². The number of piperazine rings is 1. The SMILES string of the molecule is C=CCn1cc(C(=O)Nc2ccc(Oc3ccnc(N)c3C#CC(C)(C)N3CCN(C)CC3)c(F)c2)c(=O)n(CC=C)c1=O. The molecule has 0 radical (unpaired) electrons. The van der Waals surface area contributed by atoms with Crippen molar-refractivity contribution in [2.24, 2.45) is 0 Å². The van der Waals surface area contributed by atoms with E-state index in [1.807, 2.05) is 13.8 Å². The van der Waals surface area contributed by atoms with Crippen LogP contribution in [0.25, 0.3) is 0 Å². The highest BCUT2D eigenvalue weighted by molar-refractivity contribution is 6.03. The van der Waals surface area contributed by atoms with E-state index in [4.69, 9.17) is 10.5 Å². The van der Waals surface area contributed by atoms with Gasteiger partial charge in [0.15, 0.2) is 11.6 Å². The topological polar surface area (TPSA) is 128 Å². The summed E-state index contributed by atoms with van der Waals surface area (Å²) >= 11 is 0. The maximum Gasteiger partial charge on any atom is 0.331 e. The number of ether oxygens (including phenoxy) is 1. The van der Waals surface area contributed by atoms with Crippen molar-refractivity contribution in [3.63, 3.8) is 0 Å². The summed E-state index contributed by atoms with van der Waals surface area (Å²) in [5.74, 6) is 5.01. The Hall–Kier alpha value is -4.99. The van der Waals surface area contributed by atoms with E-state index in [9.17, 15) is 14.4 Å². The minimum atomic E-state index is -0.818. The van der Waals surface area contributed by atoms with E-state index in [1.54, 1.807) is 6.07 Å². The van der Waals surface area contributed by atoms with Gasteiger partial charge in [0, 0.05) is 69.5 Å². The molecule has 44 heavy (non-hydrogen) atoms. The largest absolute Gasteiger partial charge is 0.453 e. The third-order valence-electron chi connectivity index (χ3n) is 7.26. The van der Waals surface area contributed by atoms with Crippen molar-refractivity contribution in [2.45, 2.75) is 32.5 Å². The quantitative estimate of drug-likeness (QED) is 0.283. The molecule has 0 bridgehead atoms. The summed E-state index contributed by atoms with van der Waals surface area (Å²) in [5.41, 5.74) is 4.39. The Balaban J connectivity index is 1.56. The average molecular weight is 602 g/mol. The normalized spacial score (nSPS) is 13.9. The minimum Gasteiger partial charge on any atom is -0.453 e. The van der Waals surface area contributed by atoms with Crippen LogP contribution in [-0.2, 0) is 13.1 Å². The van der Waals surface area contributed by atoms with E-state index < -0.39 is 28.5 Å². The number of likely N-dealkylation sites (N-methyl/N-ethyl adjacent to an activating group) is 1. The highest BCUT2D eigenvalue weighted by atomic mass is 19.1. The van der Waals surface area contributed by atoms with Gasteiger partial charge in [-0.3, -0.25) is 23.6 Å². The second kappa shape index (κ2) is 13.5. The molecule has 11 nitrogen and oxygen atoms in total. The number of hydrogen-bond acceptors (Lipinski definition) is 8. The number of carbonyl (C=O) groups is 1. The number of amides is 1. The van der Waals surface area contributed by atoms with Crippen LogP contribution in [0.1, 0.15) is 29.8 Å². The van der Waals surface area contributed by atoms with E-state index in [-0.39, 0.29) is 41.7 Å². The van der Waals surface area contributed by atoms with E-state index >= 15 is 4.39 Å². The van der Waals surface area contributed by atoms with Crippen LogP contribution in [-0.4, -0.2) is 68.6 Å². The van der Waals surface area contributed by atoms with Crippen LogP contribution in [0.2, 0.25) is 0 Å². The predicted molar refractivity (Wildman–Crippen MR) is 168 cm³/mol. The smallest absolute Gasteiger partial charge is 0.331 e. The van der Waals surface area contributed by atoms with Gasteiger partial charge < -0.3 is 20.7 Å². The number of nitrogens with zero attached hydrogens (tertiary/aromatic N) is 5. The number of nitrogen functional groups attached to an aromatic ring is 1. The fourth-order valence-corrected chi connectivity index (χ4v) is 4.68. The van der Waals surface area contributed by atoms with Gasteiger partial charge >= 0.3 is 5.69 Å². The maximum absolute atomic E-state index is 15.2. The van der Waals surface area contributed by atoms with Crippen LogP contribution < -0.4 is 27.0 Å². The molecule has 3 aromatic rings. The van der Waals surface area contributed by atoms with Gasteiger partial charge in [-0.25, -0.2) is 14.2 Å². The van der Waals surface area contributed by atoms with Gasteiger partial charge in [0.05, 0.1) is 5.54 Å². The van der Waals surface area contributed by atoms with E-state index in [0.717, 1.165) is 43.0 Å². The first-order valence-corrected chi connectivity index (χ1v) is 14.0. The monoisotopic (exact) mass is 601 g/mol. The first-order chi connectivity index (χ1) is 20.9. The molecule has 1 aliphatic rings. The summed E-state index contributed by atoms with van der Waals surface area (Å²) in [4.78, 5) is 47.1. The first kappa shape index (κ1) is 31.9. The Bertz CT molecular complexity index is 1760. The lowest BCUT2D eigenvalue weighted by atomic mass is 10.0. The summed E-state index contributed by atoms with van der Waals surface area (Å²) in [6, 6.07) is 5.36. The molecular formula is C32H36FN7O4. The number of rotatable bonds is 9. The lowest BCUT2D eigenvalue weighted by molar-refractivity contribution is 0.0946. The molecule has 3 heterocycles. The molecule has 2 aromatic heterocycles. The number of anilines is 2. The number of nitrogens with one attached hydrogen (secondary N) is 1. The zero-order chi connectivity index (χ0) is 32.0. The number of halogens is 1. The number of carbonyl (C=O) groups excluding carboxylic acids is 1. The molecule has 1 aromatic carbocycles. The summed E-state index contributed by atoms with van der Waals surface area (Å²) in [7, 11) is 2.09. The Morgan fingerprint density at radius 3 is 2.50 bits per heavy atom. The second-order valence-corrected chi connectivity index (χ2v) is 10.8. The Labute approximate surface area is 255 Å². The highest BCUT2D eigenvalue weighted by Gasteiger charge is 2.27. The molecule has 0 unspecified atom stereocenters. The van der Waals surface area contributed by atoms with Crippen molar-refractivity contribution in [3.05, 3.63) is 99.8 Å². The van der Waals surface area contributed by atoms with Crippen LogP contribution >= 0.6 is 0 Å². The molecule has 0 atom stereocenters. The number of aromatic nitrogens is 3. The maximum atomic E-state index is 15.2. The molecule has 1 fully saturated rings. The van der Waals surface area contributed by atoms with E-state index in [2.05, 4.69) is 52.1 Å². The second-order valence-electron chi connectivity index (χ2n) is 10.8. The number of nitrogens with two attached hydrogens (primary N) is 1. The van der Waals surface area contributed by atoms with Gasteiger partial charge in [-0.2, -0.15) is 0 Å². The molecule has 4 rings (SSSR count). The molecule has 0 saturated carbocycles. The van der Waals surface area contributed by atoms with Crippen molar-refractivity contribution in [1.82, 2.24) is 23.9 Å². The fourth-order valence-electron chi connectivity index (χ4n) is 4.68. The summed E-state index contributed by atoms with van der Waals surface area (Å²) in [6.45, 7) is 14.9. The van der Waals surface area contributed by atoms with E-state index in [0.29, 0.717) is 5.56 Å². The first-order valence-electron chi connectivity index (χ1n) is 14.0. The number of hydrogen-bond donors (Lipinski definition) is 2. The summed E-state index contributed by atoms with van der Waals surface area (Å²) in [5, 5.41) is 2.51. The molecular weight excluding hydrogens is 565 g/mol. The van der Waals surface area contributed by atoms with Gasteiger partial charge in [-0.1, -0.05) is 24.0 Å². The van der Waals surface area contributed by atoms with Crippen LogP contribution in [0.3, 0.4) is 0 Å². The van der Waals surface area contributed by atoms with Gasteiger partial charge in [-0.05, 0) is 33.0 Å². The number of benzene rings is 1. The van der Waals surface area contributed by atoms with Crippen LogP contribution in [0.4, 0.5) is 15.9 Å². The van der Waals surface area contributed by atoms with Crippen molar-refractivity contribution in [1.29, 1.82) is 0 Å². The molecule has 1 amide bonds. The lowest BCUT2D eigenvalue weighted by Crippen LogP contribution is -2.53. The third-order valence-corrected chi connectivity index (χ3v) is 7.26. The molecule has 12 heteroatoms. The van der Waals surface area contributed by atoms with Crippen molar-refractivity contribution in [3.8, 4) is 23.3 Å². The molecule has 0 spiro atoms. The van der Waals surface area contributed by atoms with Gasteiger partial charge in [0.25, 0.3) is 11.5 Å². The molecule has 230 valence electrons. The number of allylic oxidation sites excluding steroid dienone is 2. The van der Waals surface area contributed by atoms with Crippen LogP contribution in [0.5, 0.6) is 11.5 Å². The van der Waals surface area contributed by atoms with Gasteiger partial charge in [0.2, 0.25) is 0 Å². The summed E-state index contributed by atoms with van der Waals surface area (Å²) < 4.78 is 23.2. The van der Waals surface area contributed by atoms with Crippen molar-refractivity contribution >= 4 is 17.4 Å². The average Bonchev–Trinajstić information content (AvgIpc) is 2.98. The Kier molecular flexibility index (Phi) is 9.83. The highest BCUT2D eigenvalue weighted by Crippen LogP contribution is 2.31. The zero-order valence-electron chi connectivity index (χ0n) is 25.1. The van der Waals surface area contributed by atoms with Crippen LogP contribution in [0.15, 0.2) is 71.6 Å². The van der Waals surface area contributed by atoms with E-state index in [1.165, 1.54) is 35.0 Å². The molecule has 1 saturated heterocycles. The van der Waals surface area contributed by atoms with Gasteiger partial charge in [-0.15, -0.1) is 13.2 Å².